The van der Waals surface area contributed by atoms with Gasteiger partial charge in [-0.3, -0.25) is 0 Å². The molecule has 3 heteroatoms. The van der Waals surface area contributed by atoms with E-state index in [1.54, 1.807) is 0 Å². The fourth-order valence-corrected chi connectivity index (χ4v) is 1.69. The highest BCUT2D eigenvalue weighted by Crippen LogP contribution is 2.24. The molecule has 2 rings (SSSR count). The van der Waals surface area contributed by atoms with Crippen LogP contribution < -0.4 is 11.1 Å². The monoisotopic (exact) mass is 189 g/mol. The second kappa shape index (κ2) is 3.72. The van der Waals surface area contributed by atoms with Crippen molar-refractivity contribution in [3.05, 3.63) is 30.5 Å². The molecule has 0 atom stereocenters. The van der Waals surface area contributed by atoms with Gasteiger partial charge >= 0.3 is 0 Å². The number of nitrogens with one attached hydrogen (secondary N) is 1. The number of nitrogens with two attached hydrogens (primary N) is 1. The molecule has 0 fully saturated rings. The average molecular weight is 189 g/mol. The van der Waals surface area contributed by atoms with Crippen molar-refractivity contribution in [1.29, 1.82) is 0 Å². The summed E-state index contributed by atoms with van der Waals surface area (Å²) in [4.78, 5) is 0. The van der Waals surface area contributed by atoms with Crippen molar-refractivity contribution < 1.29 is 0 Å². The number of rotatable bonds is 3. The van der Waals surface area contributed by atoms with E-state index in [2.05, 4.69) is 47.4 Å². The second-order valence-electron chi connectivity index (χ2n) is 3.39. The van der Waals surface area contributed by atoms with E-state index >= 15 is 0 Å². The lowest BCUT2D eigenvalue weighted by molar-refractivity contribution is 0.964. The molecule has 0 amide bonds. The molecule has 1 aromatic carbocycles. The van der Waals surface area contributed by atoms with Gasteiger partial charge in [0.05, 0.1) is 5.69 Å². The van der Waals surface area contributed by atoms with Gasteiger partial charge in [-0.1, -0.05) is 18.2 Å². The smallest absolute Gasteiger partial charge is 0.0600 e. The fraction of sp³-hybridized carbons (Fsp3) is 0.273. The Morgan fingerprint density at radius 2 is 2.14 bits per heavy atom. The SMILES string of the molecule is Cn1cc(NCCN)c2ccccc21. The molecule has 0 radical (unpaired) electrons. The molecule has 74 valence electrons. The molecule has 3 N–H and O–H groups in total. The van der Waals surface area contributed by atoms with E-state index in [0.29, 0.717) is 6.54 Å². The summed E-state index contributed by atoms with van der Waals surface area (Å²) >= 11 is 0. The van der Waals surface area contributed by atoms with E-state index in [1.807, 2.05) is 0 Å². The molecule has 0 bridgehead atoms. The van der Waals surface area contributed by atoms with Crippen LogP contribution in [0, 0.1) is 0 Å². The van der Waals surface area contributed by atoms with Gasteiger partial charge in [0.25, 0.3) is 0 Å². The lowest BCUT2D eigenvalue weighted by Gasteiger charge is -2.01. The van der Waals surface area contributed by atoms with Gasteiger partial charge in [-0.05, 0) is 6.07 Å². The molecule has 0 aliphatic rings. The van der Waals surface area contributed by atoms with E-state index in [-0.39, 0.29) is 0 Å². The van der Waals surface area contributed by atoms with Gasteiger partial charge in [0, 0.05) is 37.2 Å². The van der Waals surface area contributed by atoms with E-state index in [4.69, 9.17) is 5.73 Å². The Morgan fingerprint density at radius 1 is 1.36 bits per heavy atom. The summed E-state index contributed by atoms with van der Waals surface area (Å²) < 4.78 is 2.12. The number of anilines is 1. The van der Waals surface area contributed by atoms with Crippen molar-refractivity contribution in [2.75, 3.05) is 18.4 Å². The predicted molar refractivity (Wildman–Crippen MR) is 60.5 cm³/mol. The van der Waals surface area contributed by atoms with Crippen molar-refractivity contribution in [1.82, 2.24) is 4.57 Å². The van der Waals surface area contributed by atoms with Crippen LogP contribution in [-0.4, -0.2) is 17.7 Å². The third-order valence-corrected chi connectivity index (χ3v) is 2.36. The third kappa shape index (κ3) is 1.46. The molecule has 0 aliphatic carbocycles. The Labute approximate surface area is 83.5 Å². The van der Waals surface area contributed by atoms with Crippen molar-refractivity contribution in [2.45, 2.75) is 0 Å². The Balaban J connectivity index is 2.44. The maximum absolute atomic E-state index is 5.46. The first kappa shape index (κ1) is 9.09. The number of nitrogens with zero attached hydrogens (tertiary/aromatic N) is 1. The largest absolute Gasteiger partial charge is 0.382 e. The summed E-state index contributed by atoms with van der Waals surface area (Å²) in [5.74, 6) is 0. The molecule has 1 aromatic heterocycles. The summed E-state index contributed by atoms with van der Waals surface area (Å²) in [6.07, 6.45) is 2.10. The van der Waals surface area contributed by atoms with Gasteiger partial charge in [0.15, 0.2) is 0 Å². The molecule has 1 heterocycles. The van der Waals surface area contributed by atoms with Crippen LogP contribution in [0.5, 0.6) is 0 Å². The van der Waals surface area contributed by atoms with Crippen LogP contribution in [0.25, 0.3) is 10.9 Å². The predicted octanol–water partition coefficient (Wildman–Crippen LogP) is 1.55. The number of aryl methyl sites for hydroxylation is 1. The molecule has 0 saturated heterocycles. The number of fused-ring (bicyclic) bond motifs is 1. The quantitative estimate of drug-likeness (QED) is 0.769. The Hall–Kier alpha value is -1.48. The summed E-state index contributed by atoms with van der Waals surface area (Å²) in [6, 6.07) is 8.34. The normalized spacial score (nSPS) is 10.7. The van der Waals surface area contributed by atoms with Crippen LogP contribution in [0.15, 0.2) is 30.5 Å². The zero-order valence-electron chi connectivity index (χ0n) is 8.33. The number of hydrogen-bond acceptors (Lipinski definition) is 2. The maximum Gasteiger partial charge on any atom is 0.0600 e. The van der Waals surface area contributed by atoms with E-state index in [1.165, 1.54) is 10.9 Å². The molecule has 3 nitrogen and oxygen atoms in total. The zero-order chi connectivity index (χ0) is 9.97. The van der Waals surface area contributed by atoms with Crippen molar-refractivity contribution in [2.24, 2.45) is 12.8 Å². The molecule has 0 spiro atoms. The van der Waals surface area contributed by atoms with Crippen LogP contribution >= 0.6 is 0 Å². The van der Waals surface area contributed by atoms with E-state index < -0.39 is 0 Å². The van der Waals surface area contributed by atoms with Crippen LogP contribution in [0.3, 0.4) is 0 Å². The molecule has 0 unspecified atom stereocenters. The standard InChI is InChI=1S/C11H15N3/c1-14-8-10(13-7-6-12)9-4-2-3-5-11(9)14/h2-5,8,13H,6-7,12H2,1H3. The first-order chi connectivity index (χ1) is 6.83. The Morgan fingerprint density at radius 3 is 2.93 bits per heavy atom. The van der Waals surface area contributed by atoms with Gasteiger partial charge in [-0.15, -0.1) is 0 Å². The topological polar surface area (TPSA) is 43.0 Å². The highest BCUT2D eigenvalue weighted by Gasteiger charge is 2.03. The maximum atomic E-state index is 5.46. The van der Waals surface area contributed by atoms with Gasteiger partial charge in [-0.25, -0.2) is 0 Å². The summed E-state index contributed by atoms with van der Waals surface area (Å²) in [7, 11) is 2.05. The zero-order valence-corrected chi connectivity index (χ0v) is 8.33. The van der Waals surface area contributed by atoms with Crippen molar-refractivity contribution in [3.63, 3.8) is 0 Å². The van der Waals surface area contributed by atoms with Crippen molar-refractivity contribution >= 4 is 16.6 Å². The van der Waals surface area contributed by atoms with E-state index in [9.17, 15) is 0 Å². The van der Waals surface area contributed by atoms with Crippen LogP contribution in [0.4, 0.5) is 5.69 Å². The van der Waals surface area contributed by atoms with Crippen LogP contribution in [0.1, 0.15) is 0 Å². The molecule has 2 aromatic rings. The van der Waals surface area contributed by atoms with Gasteiger partial charge < -0.3 is 15.6 Å². The van der Waals surface area contributed by atoms with Crippen molar-refractivity contribution in [3.8, 4) is 0 Å². The fourth-order valence-electron chi connectivity index (χ4n) is 1.69. The van der Waals surface area contributed by atoms with Crippen LogP contribution in [-0.2, 0) is 7.05 Å². The van der Waals surface area contributed by atoms with Gasteiger partial charge in [0.1, 0.15) is 0 Å². The first-order valence-electron chi connectivity index (χ1n) is 4.81. The minimum atomic E-state index is 0.656. The van der Waals surface area contributed by atoms with E-state index in [0.717, 1.165) is 12.2 Å². The molecule has 0 saturated carbocycles. The third-order valence-electron chi connectivity index (χ3n) is 2.36. The molecular weight excluding hydrogens is 174 g/mol. The lowest BCUT2D eigenvalue weighted by atomic mass is 10.2. The second-order valence-corrected chi connectivity index (χ2v) is 3.39. The average Bonchev–Trinajstić information content (AvgIpc) is 2.54. The first-order valence-corrected chi connectivity index (χ1v) is 4.81. The van der Waals surface area contributed by atoms with Gasteiger partial charge in [-0.2, -0.15) is 0 Å². The molecule has 14 heavy (non-hydrogen) atoms. The minimum Gasteiger partial charge on any atom is -0.382 e. The minimum absolute atomic E-state index is 0.656. The number of benzene rings is 1. The number of para-hydroxylation sites is 1. The summed E-state index contributed by atoms with van der Waals surface area (Å²) in [5.41, 5.74) is 7.86. The Bertz CT molecular complexity index is 431. The lowest BCUT2D eigenvalue weighted by Crippen LogP contribution is -2.12. The van der Waals surface area contributed by atoms with Crippen LogP contribution in [0.2, 0.25) is 0 Å². The summed E-state index contributed by atoms with van der Waals surface area (Å²) in [6.45, 7) is 1.47. The van der Waals surface area contributed by atoms with Gasteiger partial charge in [0.2, 0.25) is 0 Å². The highest BCUT2D eigenvalue weighted by atomic mass is 15.0. The molecule has 0 aliphatic heterocycles. The molecular formula is C11H15N3. The Kier molecular flexibility index (Phi) is 2.41. The number of hydrogen-bond donors (Lipinski definition) is 2. The highest BCUT2D eigenvalue weighted by molar-refractivity contribution is 5.92. The summed E-state index contributed by atoms with van der Waals surface area (Å²) in [5, 5.41) is 4.57. The number of aromatic nitrogens is 1.